The smallest absolute Gasteiger partial charge is 0.287 e. The molecular formula is C42H32Cl2F6IN11O7S2. The van der Waals surface area contributed by atoms with E-state index in [1.807, 2.05) is 6.07 Å². The van der Waals surface area contributed by atoms with Crippen LogP contribution >= 0.6 is 45.8 Å². The minimum absolute atomic E-state index is 0.00678. The number of carbonyl (C=O) groups excluding carboxylic acids is 2. The van der Waals surface area contributed by atoms with Gasteiger partial charge in [-0.1, -0.05) is 35.3 Å². The number of hydrogen-bond donors (Lipinski definition) is 4. The van der Waals surface area contributed by atoms with Crippen LogP contribution in [0.4, 0.5) is 37.7 Å². The summed E-state index contributed by atoms with van der Waals surface area (Å²) in [5.74, 6) is -1.46. The van der Waals surface area contributed by atoms with Crippen molar-refractivity contribution < 1.29 is 57.6 Å². The Morgan fingerprint density at radius 3 is 1.59 bits per heavy atom. The van der Waals surface area contributed by atoms with Crippen molar-refractivity contribution in [2.24, 2.45) is 0 Å². The van der Waals surface area contributed by atoms with Crippen molar-refractivity contribution in [3.63, 3.8) is 0 Å². The summed E-state index contributed by atoms with van der Waals surface area (Å²) >= 11 is 14.0. The first-order valence-electron chi connectivity index (χ1n) is 19.5. The van der Waals surface area contributed by atoms with Crippen LogP contribution in [-0.4, -0.2) is 88.1 Å². The fourth-order valence-electron chi connectivity index (χ4n) is 6.17. The van der Waals surface area contributed by atoms with Crippen LogP contribution in [0.2, 0.25) is 10.0 Å². The summed E-state index contributed by atoms with van der Waals surface area (Å²) in [7, 11) is -6.53. The second-order valence-electron chi connectivity index (χ2n) is 14.5. The molecule has 0 aliphatic rings. The summed E-state index contributed by atoms with van der Waals surface area (Å²) in [6.45, 7) is 2.43. The summed E-state index contributed by atoms with van der Waals surface area (Å²) in [4.78, 5) is 44.8. The Labute approximate surface area is 421 Å². The molecule has 18 nitrogen and oxygen atoms in total. The lowest BCUT2D eigenvalue weighted by Crippen LogP contribution is -2.28. The van der Waals surface area contributed by atoms with Gasteiger partial charge in [0.05, 0.1) is 67.2 Å². The number of hydrogen-bond acceptors (Lipinski definition) is 13. The average Bonchev–Trinajstić information content (AvgIpc) is 3.99. The number of sulfonamides is 2. The Morgan fingerprint density at radius 1 is 0.662 bits per heavy atom. The number of nitrogens with one attached hydrogen (secondary N) is 4. The minimum atomic E-state index is -4.74. The maximum absolute atomic E-state index is 13.3. The maximum atomic E-state index is 13.3. The summed E-state index contributed by atoms with van der Waals surface area (Å²) < 4.78 is 135. The van der Waals surface area contributed by atoms with Crippen LogP contribution in [0.1, 0.15) is 48.8 Å². The predicted molar refractivity (Wildman–Crippen MR) is 256 cm³/mol. The van der Waals surface area contributed by atoms with E-state index in [2.05, 4.69) is 72.4 Å². The first-order chi connectivity index (χ1) is 33.2. The zero-order chi connectivity index (χ0) is 52.2. The molecule has 6 aromatic heterocycles. The highest BCUT2D eigenvalue weighted by molar-refractivity contribution is 14.1. The van der Waals surface area contributed by atoms with E-state index in [9.17, 15) is 52.8 Å². The Balaban J connectivity index is 0.000000196. The van der Waals surface area contributed by atoms with Crippen molar-refractivity contribution in [1.82, 2.24) is 45.4 Å². The summed E-state index contributed by atoms with van der Waals surface area (Å²) in [6, 6.07) is 10.8. The molecule has 0 saturated heterocycles. The number of aryl methyl sites for hydroxylation is 2. The lowest BCUT2D eigenvalue weighted by Gasteiger charge is -2.17. The zero-order valence-corrected chi connectivity index (χ0v) is 41.7. The first-order valence-corrected chi connectivity index (χ1v) is 24.3. The molecule has 8 aromatic rings. The molecule has 2 aromatic carbocycles. The Bertz CT molecular complexity index is 3550. The number of halogens is 9. The molecule has 71 heavy (non-hydrogen) atoms. The number of ketones is 1. The molecule has 0 unspecified atom stereocenters. The number of aromatic amines is 2. The van der Waals surface area contributed by atoms with Gasteiger partial charge in [0.25, 0.3) is 26.0 Å². The highest BCUT2D eigenvalue weighted by Gasteiger charge is 2.35. The van der Waals surface area contributed by atoms with Gasteiger partial charge in [0.2, 0.25) is 5.78 Å². The van der Waals surface area contributed by atoms with E-state index in [0.29, 0.717) is 23.2 Å². The normalized spacial score (nSPS) is 11.8. The molecule has 29 heteroatoms. The van der Waals surface area contributed by atoms with Crippen molar-refractivity contribution in [3.05, 3.63) is 151 Å². The number of fused-ring (bicyclic) bond motifs is 2. The first kappa shape index (κ1) is 53.8. The molecule has 0 saturated carbocycles. The Hall–Kier alpha value is -6.53. The molecule has 0 atom stereocenters. The van der Waals surface area contributed by atoms with Gasteiger partial charge in [-0.3, -0.25) is 34.1 Å². The standard InChI is InChI=1S/C20H13ClF3N5O3S.C16H15ClF3N3O4S.C6H4IN3/c1-10-2-3-12(7-15(10)20(22,23)24)33(31,32)29-16-6-11(21)8-26-17(16)18(30)13-4-5-25-19-14(13)9-27-28-19;1-9-4-5-11(7-12(9)16(18,19)20)28(25,26)22-13-6-10(17)8-21-14(13)15(24)23(2)27-3;7-5-1-2-8-6-4(5)3-9-10-6/h2-9,29H,1H3,(H,25,27,28);4-8,22H,1-3H3;1-3H,(H,8,9,10). The molecule has 8 rings (SSSR count). The molecule has 4 N–H and O–H groups in total. The Morgan fingerprint density at radius 2 is 1.11 bits per heavy atom. The molecule has 0 bridgehead atoms. The average molecular weight is 1180 g/mol. The highest BCUT2D eigenvalue weighted by Crippen LogP contribution is 2.36. The van der Waals surface area contributed by atoms with E-state index in [1.54, 1.807) is 12.4 Å². The molecule has 0 fully saturated rings. The van der Waals surface area contributed by atoms with E-state index in [1.165, 1.54) is 50.0 Å². The number of alkyl halides is 6. The number of amides is 1. The number of carbonyl (C=O) groups is 2. The van der Waals surface area contributed by atoms with Gasteiger partial charge in [-0.15, -0.1) is 0 Å². The number of nitrogens with zero attached hydrogens (tertiary/aromatic N) is 7. The van der Waals surface area contributed by atoms with Crippen LogP contribution < -0.4 is 9.44 Å². The second-order valence-corrected chi connectivity index (χ2v) is 19.9. The molecule has 0 aliphatic heterocycles. The number of rotatable bonds is 10. The molecule has 372 valence electrons. The number of benzene rings is 2. The maximum Gasteiger partial charge on any atom is 0.416 e. The molecule has 0 spiro atoms. The van der Waals surface area contributed by atoms with Crippen LogP contribution in [0.15, 0.2) is 108 Å². The van der Waals surface area contributed by atoms with E-state index in [0.717, 1.165) is 64.9 Å². The number of anilines is 2. The minimum Gasteiger partial charge on any atom is -0.287 e. The monoisotopic (exact) mass is 1180 g/mol. The van der Waals surface area contributed by atoms with Crippen LogP contribution in [0.5, 0.6) is 0 Å². The SMILES string of the molecule is CON(C)C(=O)c1ncc(Cl)cc1NS(=O)(=O)c1ccc(C)c(C(F)(F)F)c1.Cc1ccc(S(=O)(=O)Nc2cc(Cl)cnc2C(=O)c2ccnc3[nH]ncc23)cc1C(F)(F)F.Ic1ccnc2[nH]ncc12. The summed E-state index contributed by atoms with van der Waals surface area (Å²) in [5, 5.41) is 15.4. The number of hydroxylamine groups is 2. The van der Waals surface area contributed by atoms with Crippen molar-refractivity contribution in [3.8, 4) is 0 Å². The highest BCUT2D eigenvalue weighted by atomic mass is 127. The summed E-state index contributed by atoms with van der Waals surface area (Å²) in [6.07, 6.45) is -0.927. The lowest BCUT2D eigenvalue weighted by molar-refractivity contribution is -0.139. The number of aromatic nitrogens is 8. The van der Waals surface area contributed by atoms with Crippen LogP contribution in [0, 0.1) is 17.4 Å². The van der Waals surface area contributed by atoms with Crippen LogP contribution in [0.3, 0.4) is 0 Å². The third-order valence-electron chi connectivity index (χ3n) is 9.72. The van der Waals surface area contributed by atoms with E-state index < -0.39 is 65.0 Å². The quantitative estimate of drug-likeness (QED) is 0.0432. The van der Waals surface area contributed by atoms with Gasteiger partial charge >= 0.3 is 12.4 Å². The molecule has 0 radical (unpaired) electrons. The molecular weight excluding hydrogens is 1150 g/mol. The second kappa shape index (κ2) is 21.4. The molecule has 0 aliphatic carbocycles. The third-order valence-corrected chi connectivity index (χ3v) is 13.8. The fourth-order valence-corrected chi connectivity index (χ4v) is 9.21. The topological polar surface area (TPSA) is 248 Å². The predicted octanol–water partition coefficient (Wildman–Crippen LogP) is 9.42. The van der Waals surface area contributed by atoms with Gasteiger partial charge < -0.3 is 0 Å². The molecule has 6 heterocycles. The van der Waals surface area contributed by atoms with Crippen molar-refractivity contribution in [2.45, 2.75) is 36.0 Å². The zero-order valence-electron chi connectivity index (χ0n) is 36.4. The van der Waals surface area contributed by atoms with Gasteiger partial charge in [0.1, 0.15) is 5.69 Å². The van der Waals surface area contributed by atoms with Gasteiger partial charge in [-0.25, -0.2) is 41.8 Å². The van der Waals surface area contributed by atoms with Crippen molar-refractivity contribution in [1.29, 1.82) is 0 Å². The van der Waals surface area contributed by atoms with E-state index in [-0.39, 0.29) is 49.5 Å². The van der Waals surface area contributed by atoms with Crippen LogP contribution in [-0.2, 0) is 37.2 Å². The largest absolute Gasteiger partial charge is 0.416 e. The fraction of sp³-hybridized carbons (Fsp3) is 0.143. The lowest BCUT2D eigenvalue weighted by atomic mass is 10.1. The van der Waals surface area contributed by atoms with Gasteiger partial charge in [0.15, 0.2) is 17.0 Å². The number of H-pyrrole nitrogens is 2. The van der Waals surface area contributed by atoms with Gasteiger partial charge in [-0.05, 0) is 96.1 Å². The number of pyridine rings is 4. The third kappa shape index (κ3) is 12.7. The summed E-state index contributed by atoms with van der Waals surface area (Å²) in [5.41, 5.74) is -2.38. The van der Waals surface area contributed by atoms with Crippen molar-refractivity contribution in [2.75, 3.05) is 23.6 Å². The van der Waals surface area contributed by atoms with Gasteiger partial charge in [-0.2, -0.15) is 36.5 Å². The van der Waals surface area contributed by atoms with E-state index in [4.69, 9.17) is 28.0 Å². The van der Waals surface area contributed by atoms with Crippen LogP contribution in [0.25, 0.3) is 22.1 Å². The molecule has 1 amide bonds. The van der Waals surface area contributed by atoms with Crippen molar-refractivity contribution >= 4 is 111 Å². The van der Waals surface area contributed by atoms with E-state index >= 15 is 0 Å². The Kier molecular flexibility index (Phi) is 16.3. The van der Waals surface area contributed by atoms with Gasteiger partial charge in [0, 0.05) is 46.4 Å².